The zero-order valence-corrected chi connectivity index (χ0v) is 16.3. The Bertz CT molecular complexity index is 940. The number of benzene rings is 2. The van der Waals surface area contributed by atoms with E-state index in [1.54, 1.807) is 23.5 Å². The van der Waals surface area contributed by atoms with E-state index >= 15 is 0 Å². The number of amides is 1. The number of carbonyl (C=O) groups is 1. The summed E-state index contributed by atoms with van der Waals surface area (Å²) in [6, 6.07) is 18.5. The van der Waals surface area contributed by atoms with Crippen molar-refractivity contribution in [3.63, 3.8) is 0 Å². The van der Waals surface area contributed by atoms with Crippen LogP contribution in [0.15, 0.2) is 66.0 Å². The van der Waals surface area contributed by atoms with Gasteiger partial charge in [0.1, 0.15) is 6.04 Å². The largest absolute Gasteiger partial charge is 0.328 e. The van der Waals surface area contributed by atoms with Gasteiger partial charge in [-0.25, -0.2) is 0 Å². The van der Waals surface area contributed by atoms with Gasteiger partial charge in [0.05, 0.1) is 9.80 Å². The van der Waals surface area contributed by atoms with Crippen molar-refractivity contribution in [1.82, 2.24) is 0 Å². The van der Waals surface area contributed by atoms with Gasteiger partial charge in [0.25, 0.3) is 11.6 Å². The van der Waals surface area contributed by atoms with Gasteiger partial charge in [-0.1, -0.05) is 43.3 Å². The fourth-order valence-electron chi connectivity index (χ4n) is 2.98. The highest BCUT2D eigenvalue weighted by Gasteiger charge is 2.20. The SMILES string of the molecule is CCc1ccc([C@H]([NH2+]CC(=O)Nc2cccc([N+](=O)[O-])c2)c2cccs2)cc1. The second-order valence-corrected chi connectivity index (χ2v) is 7.36. The minimum Gasteiger partial charge on any atom is -0.328 e. The van der Waals surface area contributed by atoms with Crippen molar-refractivity contribution in [3.05, 3.63) is 92.2 Å². The topological polar surface area (TPSA) is 88.8 Å². The molecule has 6 nitrogen and oxygen atoms in total. The number of hydrogen-bond acceptors (Lipinski definition) is 4. The van der Waals surface area contributed by atoms with E-state index in [0.29, 0.717) is 5.69 Å². The molecule has 3 aromatic rings. The van der Waals surface area contributed by atoms with Gasteiger partial charge in [-0.15, -0.1) is 11.3 Å². The molecule has 3 rings (SSSR count). The van der Waals surface area contributed by atoms with E-state index in [-0.39, 0.29) is 24.2 Å². The zero-order chi connectivity index (χ0) is 19.9. The lowest BCUT2D eigenvalue weighted by molar-refractivity contribution is -0.675. The molecule has 0 aliphatic carbocycles. The van der Waals surface area contributed by atoms with Crippen LogP contribution in [0.3, 0.4) is 0 Å². The summed E-state index contributed by atoms with van der Waals surface area (Å²) in [5.74, 6) is -0.202. The number of thiophene rings is 1. The fourth-order valence-corrected chi connectivity index (χ4v) is 3.83. The highest BCUT2D eigenvalue weighted by atomic mass is 32.1. The lowest BCUT2D eigenvalue weighted by Crippen LogP contribution is -2.87. The predicted octanol–water partition coefficient (Wildman–Crippen LogP) is 3.51. The minimum atomic E-state index is -0.478. The smallest absolute Gasteiger partial charge is 0.279 e. The van der Waals surface area contributed by atoms with E-state index in [1.165, 1.54) is 22.6 Å². The summed E-state index contributed by atoms with van der Waals surface area (Å²) < 4.78 is 0. The van der Waals surface area contributed by atoms with Crippen LogP contribution in [-0.2, 0) is 11.2 Å². The van der Waals surface area contributed by atoms with Crippen molar-refractivity contribution in [2.75, 3.05) is 11.9 Å². The molecule has 2 aromatic carbocycles. The number of nitrogens with two attached hydrogens (primary N) is 1. The highest BCUT2D eigenvalue weighted by molar-refractivity contribution is 7.10. The van der Waals surface area contributed by atoms with Crippen molar-refractivity contribution in [3.8, 4) is 0 Å². The van der Waals surface area contributed by atoms with E-state index in [2.05, 4.69) is 42.6 Å². The second kappa shape index (κ2) is 9.25. The normalized spacial score (nSPS) is 11.8. The summed E-state index contributed by atoms with van der Waals surface area (Å²) in [5.41, 5.74) is 2.79. The molecule has 144 valence electrons. The van der Waals surface area contributed by atoms with Crippen LogP contribution >= 0.6 is 11.3 Å². The van der Waals surface area contributed by atoms with Gasteiger partial charge < -0.3 is 10.6 Å². The Labute approximate surface area is 167 Å². The molecule has 0 radical (unpaired) electrons. The van der Waals surface area contributed by atoms with Crippen molar-refractivity contribution < 1.29 is 15.0 Å². The van der Waals surface area contributed by atoms with Crippen LogP contribution in [-0.4, -0.2) is 17.4 Å². The molecule has 0 aliphatic heterocycles. The maximum Gasteiger partial charge on any atom is 0.279 e. The standard InChI is InChI=1S/C21H21N3O3S/c1-2-15-8-10-16(11-9-15)21(19-7-4-12-28-19)22-14-20(25)23-17-5-3-6-18(13-17)24(26)27/h3-13,21-22H,2,14H2,1H3,(H,23,25)/p+1/t21-/m0/s1. The molecule has 1 atom stereocenters. The number of nitrogens with one attached hydrogen (secondary N) is 1. The van der Waals surface area contributed by atoms with Crippen LogP contribution in [0.5, 0.6) is 0 Å². The predicted molar refractivity (Wildman–Crippen MR) is 111 cm³/mol. The van der Waals surface area contributed by atoms with Crippen LogP contribution in [0.2, 0.25) is 0 Å². The van der Waals surface area contributed by atoms with Crippen LogP contribution in [0, 0.1) is 10.1 Å². The summed E-state index contributed by atoms with van der Waals surface area (Å²) >= 11 is 1.66. The van der Waals surface area contributed by atoms with Crippen molar-refractivity contribution in [1.29, 1.82) is 0 Å². The molecule has 3 N–H and O–H groups in total. The van der Waals surface area contributed by atoms with E-state index in [4.69, 9.17) is 0 Å². The molecule has 0 aliphatic rings. The monoisotopic (exact) mass is 396 g/mol. The fraction of sp³-hybridized carbons (Fsp3) is 0.190. The van der Waals surface area contributed by atoms with E-state index in [1.807, 2.05) is 16.8 Å². The minimum absolute atomic E-state index is 0.0294. The molecule has 1 amide bonds. The van der Waals surface area contributed by atoms with E-state index < -0.39 is 4.92 Å². The zero-order valence-electron chi connectivity index (χ0n) is 15.5. The first kappa shape index (κ1) is 19.7. The van der Waals surface area contributed by atoms with Gasteiger partial charge in [0.15, 0.2) is 6.54 Å². The Morgan fingerprint density at radius 1 is 1.18 bits per heavy atom. The third-order valence-corrected chi connectivity index (χ3v) is 5.43. The highest BCUT2D eigenvalue weighted by Crippen LogP contribution is 2.23. The summed E-state index contributed by atoms with van der Waals surface area (Å²) in [4.78, 5) is 24.0. The maximum atomic E-state index is 12.4. The molecule has 1 aromatic heterocycles. The summed E-state index contributed by atoms with van der Waals surface area (Å²) in [6.07, 6.45) is 0.985. The van der Waals surface area contributed by atoms with Crippen molar-refractivity contribution in [2.45, 2.75) is 19.4 Å². The molecule has 1 heterocycles. The van der Waals surface area contributed by atoms with E-state index in [9.17, 15) is 14.9 Å². The Kier molecular flexibility index (Phi) is 6.52. The molecule has 0 bridgehead atoms. The quantitative estimate of drug-likeness (QED) is 0.451. The number of rotatable bonds is 8. The number of aryl methyl sites for hydroxylation is 1. The molecular formula is C21H22N3O3S+. The Morgan fingerprint density at radius 2 is 1.96 bits per heavy atom. The molecule has 0 saturated carbocycles. The van der Waals surface area contributed by atoms with Gasteiger partial charge in [-0.05, 0) is 29.5 Å². The number of nitrogens with zero attached hydrogens (tertiary/aromatic N) is 1. The molecule has 0 spiro atoms. The lowest BCUT2D eigenvalue weighted by Gasteiger charge is -2.15. The molecular weight excluding hydrogens is 374 g/mol. The summed E-state index contributed by atoms with van der Waals surface area (Å²) in [7, 11) is 0. The summed E-state index contributed by atoms with van der Waals surface area (Å²) in [5, 5.41) is 17.6. The maximum absolute atomic E-state index is 12.4. The number of nitro benzene ring substituents is 1. The number of non-ortho nitro benzene ring substituents is 1. The van der Waals surface area contributed by atoms with E-state index in [0.717, 1.165) is 12.0 Å². The lowest BCUT2D eigenvalue weighted by atomic mass is 10.0. The second-order valence-electron chi connectivity index (χ2n) is 6.38. The number of quaternary nitrogens is 1. The average molecular weight is 396 g/mol. The number of nitro groups is 1. The van der Waals surface area contributed by atoms with Gasteiger partial charge >= 0.3 is 0 Å². The molecule has 0 fully saturated rings. The van der Waals surface area contributed by atoms with Gasteiger partial charge in [-0.3, -0.25) is 14.9 Å². The van der Waals surface area contributed by atoms with Crippen LogP contribution in [0.25, 0.3) is 0 Å². The Hall–Kier alpha value is -3.03. The molecule has 28 heavy (non-hydrogen) atoms. The van der Waals surface area contributed by atoms with Gasteiger partial charge in [0, 0.05) is 23.4 Å². The first-order chi connectivity index (χ1) is 13.6. The Morgan fingerprint density at radius 3 is 2.61 bits per heavy atom. The third kappa shape index (κ3) is 5.03. The van der Waals surface area contributed by atoms with Crippen LogP contribution in [0.4, 0.5) is 11.4 Å². The first-order valence-electron chi connectivity index (χ1n) is 9.06. The average Bonchev–Trinajstić information content (AvgIpc) is 3.23. The van der Waals surface area contributed by atoms with Crippen LogP contribution in [0.1, 0.15) is 29.0 Å². The van der Waals surface area contributed by atoms with Gasteiger partial charge in [0.2, 0.25) is 0 Å². The number of hydrogen-bond donors (Lipinski definition) is 2. The van der Waals surface area contributed by atoms with Crippen molar-refractivity contribution >= 4 is 28.6 Å². The molecule has 7 heteroatoms. The van der Waals surface area contributed by atoms with Gasteiger partial charge in [-0.2, -0.15) is 0 Å². The third-order valence-electron chi connectivity index (χ3n) is 4.48. The number of carbonyl (C=O) groups excluding carboxylic acids is 1. The molecule has 0 unspecified atom stereocenters. The van der Waals surface area contributed by atoms with Crippen LogP contribution < -0.4 is 10.6 Å². The Balaban J connectivity index is 1.68. The number of anilines is 1. The van der Waals surface area contributed by atoms with Crippen molar-refractivity contribution in [2.24, 2.45) is 0 Å². The summed E-state index contributed by atoms with van der Waals surface area (Å²) in [6.45, 7) is 2.33. The molecule has 0 saturated heterocycles. The first-order valence-corrected chi connectivity index (χ1v) is 9.94.